The highest BCUT2D eigenvalue weighted by atomic mass is 35.5. The number of halogens is 1. The Hall–Kier alpha value is -2.58. The third-order valence-corrected chi connectivity index (χ3v) is 4.21. The van der Waals surface area contributed by atoms with E-state index in [0.29, 0.717) is 22.2 Å². The van der Waals surface area contributed by atoms with Crippen LogP contribution in [0.15, 0.2) is 36.4 Å². The summed E-state index contributed by atoms with van der Waals surface area (Å²) in [5.41, 5.74) is 1.12. The molecule has 0 fully saturated rings. The van der Waals surface area contributed by atoms with E-state index < -0.39 is 4.92 Å². The molecule has 0 heterocycles. The van der Waals surface area contributed by atoms with Gasteiger partial charge >= 0.3 is 0 Å². The Morgan fingerprint density at radius 3 is 2.58 bits per heavy atom. The van der Waals surface area contributed by atoms with E-state index in [2.05, 4.69) is 10.6 Å². The molecule has 2 N–H and O–H groups in total. The van der Waals surface area contributed by atoms with Gasteiger partial charge in [-0.3, -0.25) is 10.1 Å². The average Bonchev–Trinajstić information content (AvgIpc) is 2.62. The van der Waals surface area contributed by atoms with Crippen molar-refractivity contribution >= 4 is 40.3 Å². The van der Waals surface area contributed by atoms with Crippen molar-refractivity contribution in [3.05, 3.63) is 57.1 Å². The second-order valence-corrected chi connectivity index (χ2v) is 6.16. The first-order chi connectivity index (χ1) is 12.3. The fourth-order valence-corrected chi connectivity index (χ4v) is 2.78. The van der Waals surface area contributed by atoms with E-state index in [1.165, 1.54) is 18.2 Å². The molecular formula is C17H18ClN3O4S. The zero-order chi connectivity index (χ0) is 19.3. The van der Waals surface area contributed by atoms with Crippen LogP contribution in [0.25, 0.3) is 0 Å². The summed E-state index contributed by atoms with van der Waals surface area (Å²) >= 11 is 11.4. The molecule has 1 atom stereocenters. The first-order valence-electron chi connectivity index (χ1n) is 7.59. The number of benzene rings is 2. The number of rotatable bonds is 6. The molecule has 0 radical (unpaired) electrons. The molecule has 7 nitrogen and oxygen atoms in total. The van der Waals surface area contributed by atoms with Crippen LogP contribution in [0.3, 0.4) is 0 Å². The molecule has 0 aliphatic carbocycles. The van der Waals surface area contributed by atoms with Crippen LogP contribution in [-0.4, -0.2) is 24.3 Å². The number of anilines is 1. The lowest BCUT2D eigenvalue weighted by atomic mass is 10.1. The van der Waals surface area contributed by atoms with Crippen molar-refractivity contribution in [1.29, 1.82) is 0 Å². The summed E-state index contributed by atoms with van der Waals surface area (Å²) in [5, 5.41) is 17.5. The molecule has 0 saturated carbocycles. The zero-order valence-corrected chi connectivity index (χ0v) is 16.0. The largest absolute Gasteiger partial charge is 0.497 e. The fourth-order valence-electron chi connectivity index (χ4n) is 2.33. The maximum Gasteiger partial charge on any atom is 0.271 e. The second kappa shape index (κ2) is 8.68. The van der Waals surface area contributed by atoms with Gasteiger partial charge in [0.15, 0.2) is 5.11 Å². The molecule has 0 unspecified atom stereocenters. The SMILES string of the molecule is COc1ccc(OC)c([C@@H](C)NC(=S)Nc2cc([N+](=O)[O-])ccc2Cl)c1. The third kappa shape index (κ3) is 4.74. The highest BCUT2D eigenvalue weighted by Gasteiger charge is 2.15. The molecule has 0 spiro atoms. The number of nitro benzene ring substituents is 1. The van der Waals surface area contributed by atoms with Gasteiger partial charge < -0.3 is 20.1 Å². The molecule has 2 aromatic rings. The Kier molecular flexibility index (Phi) is 6.59. The number of hydrogen-bond acceptors (Lipinski definition) is 5. The predicted molar refractivity (Wildman–Crippen MR) is 105 cm³/mol. The summed E-state index contributed by atoms with van der Waals surface area (Å²) in [4.78, 5) is 10.4. The van der Waals surface area contributed by atoms with Crippen molar-refractivity contribution in [2.24, 2.45) is 0 Å². The summed E-state index contributed by atoms with van der Waals surface area (Å²) in [6.07, 6.45) is 0. The summed E-state index contributed by atoms with van der Waals surface area (Å²) in [6, 6.07) is 9.34. The van der Waals surface area contributed by atoms with Crippen LogP contribution in [0.2, 0.25) is 5.02 Å². The van der Waals surface area contributed by atoms with Gasteiger partial charge in [0.25, 0.3) is 5.69 Å². The number of nitrogens with one attached hydrogen (secondary N) is 2. The Bertz CT molecular complexity index is 832. The number of nitro groups is 1. The fraction of sp³-hybridized carbons (Fsp3) is 0.235. The normalized spacial score (nSPS) is 11.4. The predicted octanol–water partition coefficient (Wildman–Crippen LogP) is 4.31. The highest BCUT2D eigenvalue weighted by molar-refractivity contribution is 7.80. The quantitative estimate of drug-likeness (QED) is 0.428. The second-order valence-electron chi connectivity index (χ2n) is 5.35. The number of thiocarbonyl (C=S) groups is 1. The van der Waals surface area contributed by atoms with E-state index in [9.17, 15) is 10.1 Å². The van der Waals surface area contributed by atoms with E-state index in [-0.39, 0.29) is 16.8 Å². The van der Waals surface area contributed by atoms with Gasteiger partial charge in [-0.15, -0.1) is 0 Å². The van der Waals surface area contributed by atoms with Crippen LogP contribution in [0, 0.1) is 10.1 Å². The Morgan fingerprint density at radius 2 is 1.96 bits per heavy atom. The third-order valence-electron chi connectivity index (χ3n) is 3.66. The lowest BCUT2D eigenvalue weighted by molar-refractivity contribution is -0.384. The van der Waals surface area contributed by atoms with Gasteiger partial charge in [-0.1, -0.05) is 11.6 Å². The first kappa shape index (κ1) is 19.7. The summed E-state index contributed by atoms with van der Waals surface area (Å²) in [7, 11) is 3.16. The minimum Gasteiger partial charge on any atom is -0.497 e. The summed E-state index contributed by atoms with van der Waals surface area (Å²) in [6.45, 7) is 1.90. The van der Waals surface area contributed by atoms with E-state index >= 15 is 0 Å². The molecule has 2 aromatic carbocycles. The Labute approximate surface area is 161 Å². The van der Waals surface area contributed by atoms with Crippen molar-refractivity contribution in [2.45, 2.75) is 13.0 Å². The molecule has 0 bridgehead atoms. The minimum absolute atomic E-state index is 0.0813. The van der Waals surface area contributed by atoms with Gasteiger partial charge in [0.1, 0.15) is 11.5 Å². The van der Waals surface area contributed by atoms with Gasteiger partial charge in [0, 0.05) is 17.7 Å². The van der Waals surface area contributed by atoms with Crippen LogP contribution in [0.1, 0.15) is 18.5 Å². The van der Waals surface area contributed by atoms with E-state index in [1.54, 1.807) is 26.4 Å². The van der Waals surface area contributed by atoms with Crippen molar-refractivity contribution < 1.29 is 14.4 Å². The molecular weight excluding hydrogens is 378 g/mol. The van der Waals surface area contributed by atoms with Crippen LogP contribution in [0.4, 0.5) is 11.4 Å². The van der Waals surface area contributed by atoms with Gasteiger partial charge in [-0.25, -0.2) is 0 Å². The van der Waals surface area contributed by atoms with Crippen molar-refractivity contribution in [3.63, 3.8) is 0 Å². The van der Waals surface area contributed by atoms with Gasteiger partial charge in [0.2, 0.25) is 0 Å². The first-order valence-corrected chi connectivity index (χ1v) is 8.37. The minimum atomic E-state index is -0.498. The standard InChI is InChI=1S/C17H18ClN3O4S/c1-10(13-9-12(24-2)5-7-16(13)25-3)19-17(26)20-15-8-11(21(22)23)4-6-14(15)18/h4-10H,1-3H3,(H2,19,20,26)/t10-/m1/s1. The highest BCUT2D eigenvalue weighted by Crippen LogP contribution is 2.30. The number of hydrogen-bond donors (Lipinski definition) is 2. The van der Waals surface area contributed by atoms with Crippen LogP contribution < -0.4 is 20.1 Å². The van der Waals surface area contributed by atoms with Crippen molar-refractivity contribution in [2.75, 3.05) is 19.5 Å². The molecule has 0 amide bonds. The lowest BCUT2D eigenvalue weighted by Gasteiger charge is -2.20. The van der Waals surface area contributed by atoms with E-state index in [1.807, 2.05) is 13.0 Å². The molecule has 0 aromatic heterocycles. The average molecular weight is 396 g/mol. The number of nitrogens with zero attached hydrogens (tertiary/aromatic N) is 1. The van der Waals surface area contributed by atoms with Crippen molar-refractivity contribution in [3.8, 4) is 11.5 Å². The maximum absolute atomic E-state index is 10.9. The van der Waals surface area contributed by atoms with Gasteiger partial charge in [-0.2, -0.15) is 0 Å². The molecule has 0 aliphatic heterocycles. The van der Waals surface area contributed by atoms with Crippen molar-refractivity contribution in [1.82, 2.24) is 5.32 Å². The van der Waals surface area contributed by atoms with Crippen LogP contribution in [-0.2, 0) is 0 Å². The number of ether oxygens (including phenoxy) is 2. The Morgan fingerprint density at radius 1 is 1.23 bits per heavy atom. The zero-order valence-electron chi connectivity index (χ0n) is 14.4. The molecule has 0 aliphatic rings. The van der Waals surface area contributed by atoms with E-state index in [0.717, 1.165) is 5.56 Å². The number of non-ortho nitro benzene ring substituents is 1. The van der Waals surface area contributed by atoms with E-state index in [4.69, 9.17) is 33.3 Å². The lowest BCUT2D eigenvalue weighted by Crippen LogP contribution is -2.31. The molecule has 9 heteroatoms. The maximum atomic E-state index is 10.9. The molecule has 138 valence electrons. The van der Waals surface area contributed by atoms with Crippen LogP contribution >= 0.6 is 23.8 Å². The smallest absolute Gasteiger partial charge is 0.271 e. The topological polar surface area (TPSA) is 85.7 Å². The van der Waals surface area contributed by atoms with Gasteiger partial charge in [-0.05, 0) is 43.4 Å². The van der Waals surface area contributed by atoms with Crippen LogP contribution in [0.5, 0.6) is 11.5 Å². The summed E-state index contributed by atoms with van der Waals surface area (Å²) < 4.78 is 10.6. The van der Waals surface area contributed by atoms with Gasteiger partial charge in [0.05, 0.1) is 35.9 Å². The monoisotopic (exact) mass is 395 g/mol. The molecule has 2 rings (SSSR count). The molecule has 0 saturated heterocycles. The molecule has 26 heavy (non-hydrogen) atoms. The number of methoxy groups -OCH3 is 2. The summed E-state index contributed by atoms with van der Waals surface area (Å²) in [5.74, 6) is 1.37. The Balaban J connectivity index is 2.15.